The van der Waals surface area contributed by atoms with Crippen LogP contribution in [0.15, 0.2) is 103 Å². The molecule has 2 bridgehead atoms. The number of aromatic nitrogens is 5. The fourth-order valence-corrected chi connectivity index (χ4v) is 8.37. The molecule has 2 atom stereocenters. The number of aromatic amines is 1. The summed E-state index contributed by atoms with van der Waals surface area (Å²) in [6.07, 6.45) is 6.04. The van der Waals surface area contributed by atoms with Crippen molar-refractivity contribution in [1.29, 1.82) is 0 Å². The van der Waals surface area contributed by atoms with Crippen LogP contribution >= 0.6 is 0 Å². The molecule has 3 heterocycles. The van der Waals surface area contributed by atoms with Gasteiger partial charge in [0.25, 0.3) is 0 Å². The van der Waals surface area contributed by atoms with Gasteiger partial charge in [0, 0.05) is 11.6 Å². The fraction of sp³-hybridized carbons (Fsp3) is 0.256. The van der Waals surface area contributed by atoms with E-state index in [1.165, 1.54) is 13.3 Å². The van der Waals surface area contributed by atoms with Gasteiger partial charge in [0.2, 0.25) is 0 Å². The van der Waals surface area contributed by atoms with E-state index >= 15 is 8.78 Å². The topological polar surface area (TPSA) is 106 Å². The maximum absolute atomic E-state index is 16.9. The lowest BCUT2D eigenvalue weighted by Gasteiger charge is -2.47. The van der Waals surface area contributed by atoms with Crippen LogP contribution in [0.4, 0.5) is 14.6 Å². The van der Waals surface area contributed by atoms with Crippen LogP contribution in [0.5, 0.6) is 0 Å². The van der Waals surface area contributed by atoms with E-state index in [4.69, 9.17) is 4.74 Å². The van der Waals surface area contributed by atoms with Crippen LogP contribution in [0.3, 0.4) is 0 Å². The molecular weight excluding hydrogens is 622 g/mol. The summed E-state index contributed by atoms with van der Waals surface area (Å²) in [5, 5.41) is 11.1. The number of halogens is 2. The van der Waals surface area contributed by atoms with Crippen molar-refractivity contribution in [2.45, 2.75) is 37.1 Å². The Balaban J connectivity index is 1.34. The Labute approximate surface area is 282 Å². The van der Waals surface area contributed by atoms with Gasteiger partial charge < -0.3 is 10.1 Å². The largest absolute Gasteiger partial charge is 0.469 e. The molecule has 3 aromatic heterocycles. The van der Waals surface area contributed by atoms with E-state index in [1.54, 1.807) is 0 Å². The lowest BCUT2D eigenvalue weighted by atomic mass is 9.61. The van der Waals surface area contributed by atoms with Crippen LogP contribution in [-0.2, 0) is 14.9 Å². The molecule has 3 aliphatic rings. The first kappa shape index (κ1) is 30.8. The highest BCUT2D eigenvalue weighted by atomic mass is 19.1. The van der Waals surface area contributed by atoms with E-state index in [-0.39, 0.29) is 41.1 Å². The highest BCUT2D eigenvalue weighted by molar-refractivity contribution is 5.94. The van der Waals surface area contributed by atoms with Crippen LogP contribution in [0.25, 0.3) is 22.6 Å². The van der Waals surface area contributed by atoms with Gasteiger partial charge in [-0.2, -0.15) is 5.10 Å². The number of fused-ring (bicyclic) bond motifs is 4. The van der Waals surface area contributed by atoms with Crippen molar-refractivity contribution >= 4 is 22.8 Å². The number of pyridine rings is 1. The Morgan fingerprint density at radius 3 is 1.92 bits per heavy atom. The molecule has 2 N–H and O–H groups in total. The first-order valence-electron chi connectivity index (χ1n) is 16.6. The Hall–Kier alpha value is -5.51. The molecule has 6 aromatic rings. The number of hydrogen-bond donors (Lipinski definition) is 2. The van der Waals surface area contributed by atoms with Crippen LogP contribution in [0, 0.1) is 29.4 Å². The molecule has 246 valence electrons. The zero-order valence-electron chi connectivity index (χ0n) is 26.8. The van der Waals surface area contributed by atoms with Crippen molar-refractivity contribution in [2.24, 2.45) is 17.8 Å². The third-order valence-corrected chi connectivity index (χ3v) is 10.5. The Bertz CT molecular complexity index is 2020. The normalized spacial score (nSPS) is 20.3. The van der Waals surface area contributed by atoms with Crippen LogP contribution in [0.1, 0.15) is 47.9 Å². The third kappa shape index (κ3) is 5.05. The van der Waals surface area contributed by atoms with E-state index in [1.807, 2.05) is 91.0 Å². The standard InChI is InChI=1S/C39H34F2N6O2/c1-49-38(48)30-23-17-19-24(20-18-23)33(30)44-35-29(41)22-43-37(45-35)34-31-32(28(40)21-42-36(31)47-46-34)39(25-11-5-2-6-12-25,26-13-7-3-8-14-26)27-15-9-4-10-16-27/h2-16,21-24,30,33H,17-20H2,1H3,(H,42,46,47)(H,43,44,45)/t23?,24?,30-,33-/m0/s1. The summed E-state index contributed by atoms with van der Waals surface area (Å²) in [4.78, 5) is 26.3. The smallest absolute Gasteiger partial charge is 0.311 e. The Morgan fingerprint density at radius 1 is 0.796 bits per heavy atom. The van der Waals surface area contributed by atoms with Crippen molar-refractivity contribution in [1.82, 2.24) is 25.1 Å². The predicted octanol–water partition coefficient (Wildman–Crippen LogP) is 7.47. The molecule has 8 nitrogen and oxygen atoms in total. The molecule has 0 unspecified atom stereocenters. The molecule has 10 heteroatoms. The second-order valence-corrected chi connectivity index (χ2v) is 12.9. The summed E-state index contributed by atoms with van der Waals surface area (Å²) in [6.45, 7) is 0. The number of rotatable bonds is 8. The molecule has 9 rings (SSSR count). The summed E-state index contributed by atoms with van der Waals surface area (Å²) in [5.41, 5.74) is 2.18. The van der Waals surface area contributed by atoms with E-state index in [9.17, 15) is 4.79 Å². The monoisotopic (exact) mass is 656 g/mol. The molecule has 3 saturated carbocycles. The Kier molecular flexibility index (Phi) is 7.86. The van der Waals surface area contributed by atoms with Crippen molar-refractivity contribution < 1.29 is 18.3 Å². The second kappa shape index (κ2) is 12.5. The number of nitrogens with zero attached hydrogens (tertiary/aromatic N) is 4. The van der Waals surface area contributed by atoms with E-state index in [2.05, 4.69) is 30.5 Å². The quantitative estimate of drug-likeness (QED) is 0.129. The van der Waals surface area contributed by atoms with Gasteiger partial charge in [-0.25, -0.2) is 23.7 Å². The number of anilines is 1. The molecule has 0 amide bonds. The summed E-state index contributed by atoms with van der Waals surface area (Å²) < 4.78 is 37.6. The number of H-pyrrole nitrogens is 1. The van der Waals surface area contributed by atoms with E-state index in [0.717, 1.165) is 48.6 Å². The maximum atomic E-state index is 16.9. The summed E-state index contributed by atoms with van der Waals surface area (Å²) in [5.74, 6) is -1.50. The summed E-state index contributed by atoms with van der Waals surface area (Å²) >= 11 is 0. The zero-order valence-corrected chi connectivity index (χ0v) is 26.8. The van der Waals surface area contributed by atoms with Crippen LogP contribution in [0.2, 0.25) is 0 Å². The maximum Gasteiger partial charge on any atom is 0.311 e. The third-order valence-electron chi connectivity index (χ3n) is 10.5. The van der Waals surface area contributed by atoms with Crippen LogP contribution in [-0.4, -0.2) is 44.3 Å². The highest BCUT2D eigenvalue weighted by Gasteiger charge is 2.48. The average molecular weight is 657 g/mol. The second-order valence-electron chi connectivity index (χ2n) is 12.9. The number of methoxy groups -OCH3 is 1. The van der Waals surface area contributed by atoms with Crippen molar-refractivity contribution in [3.8, 4) is 11.5 Å². The molecule has 0 saturated heterocycles. The lowest BCUT2D eigenvalue weighted by Crippen LogP contribution is -2.52. The minimum absolute atomic E-state index is 0.0365. The number of hydrogen-bond acceptors (Lipinski definition) is 7. The van der Waals surface area contributed by atoms with Crippen molar-refractivity contribution in [3.05, 3.63) is 137 Å². The van der Waals surface area contributed by atoms with Gasteiger partial charge >= 0.3 is 5.97 Å². The highest BCUT2D eigenvalue weighted by Crippen LogP contribution is 2.50. The zero-order chi connectivity index (χ0) is 33.5. The van der Waals surface area contributed by atoms with Gasteiger partial charge in [0.05, 0.1) is 36.2 Å². The predicted molar refractivity (Wildman–Crippen MR) is 182 cm³/mol. The fourth-order valence-electron chi connectivity index (χ4n) is 8.37. The molecule has 3 aliphatic carbocycles. The number of nitrogens with one attached hydrogen (secondary N) is 2. The minimum Gasteiger partial charge on any atom is -0.469 e. The lowest BCUT2D eigenvalue weighted by molar-refractivity contribution is -0.152. The molecule has 0 aliphatic heterocycles. The summed E-state index contributed by atoms with van der Waals surface area (Å²) in [6, 6.07) is 28.9. The Morgan fingerprint density at radius 2 is 1.35 bits per heavy atom. The van der Waals surface area contributed by atoms with Gasteiger partial charge in [-0.1, -0.05) is 91.0 Å². The SMILES string of the molecule is COC(=O)[C@H]1C2CCC(CC2)[C@@H]1Nc1nc(-c2[nH]nc3ncc(F)c(C(c4ccccc4)(c4ccccc4)c4ccccc4)c23)ncc1F. The first-order chi connectivity index (χ1) is 24.0. The van der Waals surface area contributed by atoms with Gasteiger partial charge in [0.15, 0.2) is 23.1 Å². The molecular formula is C39H34F2N6O2. The van der Waals surface area contributed by atoms with E-state index in [0.29, 0.717) is 16.6 Å². The van der Waals surface area contributed by atoms with Gasteiger partial charge in [0.1, 0.15) is 11.5 Å². The minimum atomic E-state index is -1.16. The number of ether oxygens (including phenoxy) is 1. The van der Waals surface area contributed by atoms with Gasteiger partial charge in [-0.05, 0) is 54.2 Å². The molecule has 49 heavy (non-hydrogen) atoms. The summed E-state index contributed by atoms with van der Waals surface area (Å²) in [7, 11) is 1.39. The van der Waals surface area contributed by atoms with Crippen LogP contribution < -0.4 is 5.32 Å². The van der Waals surface area contributed by atoms with E-state index < -0.39 is 23.0 Å². The average Bonchev–Trinajstić information content (AvgIpc) is 3.59. The van der Waals surface area contributed by atoms with Gasteiger partial charge in [-0.15, -0.1) is 0 Å². The molecule has 3 aromatic carbocycles. The molecule has 0 spiro atoms. The number of esters is 1. The number of carbonyl (C=O) groups is 1. The number of benzene rings is 3. The molecule has 3 fully saturated rings. The first-order valence-corrected chi connectivity index (χ1v) is 16.6. The van der Waals surface area contributed by atoms with Crippen molar-refractivity contribution in [3.63, 3.8) is 0 Å². The molecule has 0 radical (unpaired) electrons. The number of carbonyl (C=O) groups excluding carboxylic acids is 1. The van der Waals surface area contributed by atoms with Gasteiger partial charge in [-0.3, -0.25) is 9.89 Å². The van der Waals surface area contributed by atoms with Crippen molar-refractivity contribution in [2.75, 3.05) is 12.4 Å².